The number of nitrogens with one attached hydrogen (secondary N) is 3. The van der Waals surface area contributed by atoms with Crippen LogP contribution in [0.4, 0.5) is 4.79 Å². The van der Waals surface area contributed by atoms with E-state index in [0.29, 0.717) is 31.1 Å². The van der Waals surface area contributed by atoms with Crippen LogP contribution >= 0.6 is 19.6 Å². The average molecular weight is 947 g/mol. The number of hydrogen-bond acceptors (Lipinski definition) is 12. The zero-order valence-corrected chi connectivity index (χ0v) is 40.5. The van der Waals surface area contributed by atoms with Crippen molar-refractivity contribution in [1.29, 1.82) is 0 Å². The first kappa shape index (κ1) is 57.4. The zero-order chi connectivity index (χ0) is 46.7. The summed E-state index contributed by atoms with van der Waals surface area (Å²) in [7, 11) is -4.75. The van der Waals surface area contributed by atoms with Gasteiger partial charge in [-0.05, 0) is 57.8 Å². The van der Waals surface area contributed by atoms with Crippen LogP contribution in [0.15, 0.2) is 12.2 Å². The van der Waals surface area contributed by atoms with Gasteiger partial charge in [0.2, 0.25) is 5.91 Å². The Morgan fingerprint density at radius 1 is 0.750 bits per heavy atom. The average Bonchev–Trinajstić information content (AvgIpc) is 3.82. The maximum atomic E-state index is 12.7. The molecule has 370 valence electrons. The lowest BCUT2D eigenvalue weighted by atomic mass is 10.0. The molecule has 3 amide bonds. The number of urea groups is 1. The molecule has 0 saturated carbocycles. The summed E-state index contributed by atoms with van der Waals surface area (Å²) < 4.78 is 32.8. The Labute approximate surface area is 387 Å². The number of esters is 2. The van der Waals surface area contributed by atoms with Crippen LogP contribution < -0.4 is 21.7 Å². The number of allylic oxidation sites excluding steroid dienone is 2. The molecule has 18 heteroatoms. The Hall–Kier alpha value is -2.69. The predicted octanol–water partition coefficient (Wildman–Crippen LogP) is 8.77. The molecule has 2 fully saturated rings. The van der Waals surface area contributed by atoms with Gasteiger partial charge in [-0.1, -0.05) is 122 Å². The largest absolute Gasteiger partial charge is 0.480 e. The number of fused-ring (bicyclic) bond motifs is 1. The molecule has 7 N–H and O–H groups in total. The molecular weight excluding hydrogens is 864 g/mol. The van der Waals surface area contributed by atoms with Crippen LogP contribution in [0.3, 0.4) is 0 Å². The highest BCUT2D eigenvalue weighted by Crippen LogP contribution is 2.43. The summed E-state index contributed by atoms with van der Waals surface area (Å²) in [5, 5.41) is 18.3. The van der Waals surface area contributed by atoms with Gasteiger partial charge in [0.1, 0.15) is 12.6 Å². The highest BCUT2D eigenvalue weighted by molar-refractivity contribution is 8.00. The summed E-state index contributed by atoms with van der Waals surface area (Å²) in [6, 6.07) is -1.17. The Bertz CT molecular complexity index is 1390. The van der Waals surface area contributed by atoms with Gasteiger partial charge in [0.15, 0.2) is 6.10 Å². The molecule has 6 unspecified atom stereocenters. The van der Waals surface area contributed by atoms with Gasteiger partial charge in [-0.2, -0.15) is 11.8 Å². The van der Waals surface area contributed by atoms with Crippen LogP contribution in [-0.2, 0) is 42.3 Å². The van der Waals surface area contributed by atoms with Gasteiger partial charge in [0.05, 0.1) is 25.3 Å². The standard InChI is InChI=1S/C46H83N4O12PS/c1-2-3-4-5-6-7-8-9-10-11-12-14-17-20-23-30-42(52)59-33-37(34-60-63(57,58)61-35-38(47)45(54)55)62-43(53)31-24-21-18-15-13-16-19-22-27-32-48-41(51)29-26-25-28-40-44-39(36-64-40)49-46(56)50-44/h9-10,37-40,44H,2-8,11-36,47H2,1H3,(H,48,51)(H,54,55)(H,57,58)(H2,49,50,56)/b10-9+. The fourth-order valence-corrected chi connectivity index (χ4v) is 9.96. The smallest absolute Gasteiger partial charge is 0.472 e. The summed E-state index contributed by atoms with van der Waals surface area (Å²) in [5.41, 5.74) is 5.34. The number of nitrogens with two attached hydrogens (primary N) is 1. The number of unbranched alkanes of at least 4 members (excludes halogenated alkanes) is 20. The number of phosphoric ester groups is 1. The van der Waals surface area contributed by atoms with E-state index in [1.165, 1.54) is 38.5 Å². The van der Waals surface area contributed by atoms with Crippen molar-refractivity contribution in [3.8, 4) is 0 Å². The highest BCUT2D eigenvalue weighted by atomic mass is 32.2. The molecule has 6 atom stereocenters. The third-order valence-electron chi connectivity index (χ3n) is 11.5. The number of phosphoric acid groups is 1. The van der Waals surface area contributed by atoms with Gasteiger partial charge in [0, 0.05) is 36.8 Å². The maximum Gasteiger partial charge on any atom is 0.472 e. The lowest BCUT2D eigenvalue weighted by molar-refractivity contribution is -0.161. The van der Waals surface area contributed by atoms with Crippen molar-refractivity contribution in [2.45, 2.75) is 216 Å². The van der Waals surface area contributed by atoms with Crippen molar-refractivity contribution < 1.29 is 57.1 Å². The summed E-state index contributed by atoms with van der Waals surface area (Å²) >= 11 is 1.90. The zero-order valence-electron chi connectivity index (χ0n) is 38.8. The minimum atomic E-state index is -4.75. The van der Waals surface area contributed by atoms with Gasteiger partial charge in [-0.25, -0.2) is 9.36 Å². The van der Waals surface area contributed by atoms with E-state index < -0.39 is 51.1 Å². The number of ether oxygens (including phenoxy) is 2. The SMILES string of the molecule is CCCCCCCC/C=C/CCCCCCCC(=O)OCC(COP(=O)(O)OCC(N)C(=O)O)OC(=O)CCCCCCCCCCCNC(=O)CCCCC1SCC2NC(=O)NC21. The second kappa shape index (κ2) is 36.4. The number of carbonyl (C=O) groups is 5. The number of hydrogen-bond donors (Lipinski definition) is 6. The Kier molecular flexibility index (Phi) is 32.7. The maximum absolute atomic E-state index is 12.7. The Morgan fingerprint density at radius 2 is 1.30 bits per heavy atom. The molecule has 0 aromatic rings. The van der Waals surface area contributed by atoms with Crippen molar-refractivity contribution in [1.82, 2.24) is 16.0 Å². The van der Waals surface area contributed by atoms with E-state index in [9.17, 15) is 33.4 Å². The monoisotopic (exact) mass is 947 g/mol. The molecule has 2 heterocycles. The van der Waals surface area contributed by atoms with E-state index in [-0.39, 0.29) is 43.5 Å². The molecule has 0 aromatic carbocycles. The molecule has 2 saturated heterocycles. The molecule has 64 heavy (non-hydrogen) atoms. The van der Waals surface area contributed by atoms with Crippen LogP contribution in [0.1, 0.15) is 187 Å². The van der Waals surface area contributed by atoms with Crippen LogP contribution in [0, 0.1) is 0 Å². The third kappa shape index (κ3) is 29.8. The van der Waals surface area contributed by atoms with Crippen molar-refractivity contribution in [3.05, 3.63) is 12.2 Å². The van der Waals surface area contributed by atoms with Gasteiger partial charge in [-0.15, -0.1) is 0 Å². The van der Waals surface area contributed by atoms with Crippen molar-refractivity contribution in [2.24, 2.45) is 5.73 Å². The molecule has 0 radical (unpaired) electrons. The molecule has 2 aliphatic rings. The van der Waals surface area contributed by atoms with E-state index in [1.807, 2.05) is 11.8 Å². The van der Waals surface area contributed by atoms with Crippen molar-refractivity contribution in [2.75, 3.05) is 32.1 Å². The number of carboxylic acid groups (broad SMARTS) is 1. The Balaban J connectivity index is 1.52. The molecule has 0 aliphatic carbocycles. The highest BCUT2D eigenvalue weighted by Gasteiger charge is 2.42. The Morgan fingerprint density at radius 3 is 1.92 bits per heavy atom. The second-order valence-electron chi connectivity index (χ2n) is 17.3. The summed E-state index contributed by atoms with van der Waals surface area (Å²) in [6.07, 6.45) is 30.6. The lowest BCUT2D eigenvalue weighted by Crippen LogP contribution is -2.36. The molecule has 0 bridgehead atoms. The lowest BCUT2D eigenvalue weighted by Gasteiger charge is -2.20. The number of aliphatic carboxylic acids is 1. The number of carbonyl (C=O) groups excluding carboxylic acids is 4. The van der Waals surface area contributed by atoms with Gasteiger partial charge >= 0.3 is 31.8 Å². The molecular formula is C46H83N4O12PS. The van der Waals surface area contributed by atoms with Crippen LogP contribution in [0.5, 0.6) is 0 Å². The van der Waals surface area contributed by atoms with Crippen LogP contribution in [-0.4, -0.2) is 101 Å². The van der Waals surface area contributed by atoms with Crippen molar-refractivity contribution >= 4 is 49.4 Å². The van der Waals surface area contributed by atoms with Gasteiger partial charge < -0.3 is 41.2 Å². The van der Waals surface area contributed by atoms with E-state index in [4.69, 9.17) is 24.8 Å². The molecule has 0 spiro atoms. The number of rotatable bonds is 42. The number of carboxylic acids is 1. The molecule has 0 aromatic heterocycles. The molecule has 16 nitrogen and oxygen atoms in total. The first-order valence-electron chi connectivity index (χ1n) is 24.5. The number of thioether (sulfide) groups is 1. The van der Waals surface area contributed by atoms with Crippen LogP contribution in [0.25, 0.3) is 0 Å². The summed E-state index contributed by atoms with van der Waals surface area (Å²) in [5.74, 6) is -1.41. The second-order valence-corrected chi connectivity index (χ2v) is 20.0. The van der Waals surface area contributed by atoms with Crippen molar-refractivity contribution in [3.63, 3.8) is 0 Å². The minimum absolute atomic E-state index is 0.0691. The van der Waals surface area contributed by atoms with E-state index in [2.05, 4.69) is 39.5 Å². The van der Waals surface area contributed by atoms with E-state index >= 15 is 0 Å². The quantitative estimate of drug-likeness (QED) is 0.0110. The van der Waals surface area contributed by atoms with E-state index in [1.54, 1.807) is 0 Å². The predicted molar refractivity (Wildman–Crippen MR) is 251 cm³/mol. The van der Waals surface area contributed by atoms with Gasteiger partial charge in [-0.3, -0.25) is 28.2 Å². The van der Waals surface area contributed by atoms with Crippen LogP contribution in [0.2, 0.25) is 0 Å². The van der Waals surface area contributed by atoms with E-state index in [0.717, 1.165) is 115 Å². The molecule has 2 rings (SSSR count). The summed E-state index contributed by atoms with van der Waals surface area (Å²) in [4.78, 5) is 69.9. The van der Waals surface area contributed by atoms with Gasteiger partial charge in [0.25, 0.3) is 0 Å². The first-order chi connectivity index (χ1) is 30.9. The molecule has 2 aliphatic heterocycles. The normalized spacial score (nSPS) is 18.8. The topological polar surface area (TPSA) is 242 Å². The fourth-order valence-electron chi connectivity index (χ4n) is 7.64. The summed E-state index contributed by atoms with van der Waals surface area (Å²) in [6.45, 7) is 1.16. The fraction of sp³-hybridized carbons (Fsp3) is 0.848. The minimum Gasteiger partial charge on any atom is -0.480 e. The third-order valence-corrected chi connectivity index (χ3v) is 13.9. The number of amides is 3. The first-order valence-corrected chi connectivity index (χ1v) is 27.0.